The van der Waals surface area contributed by atoms with E-state index in [1.165, 1.54) is 0 Å². The van der Waals surface area contributed by atoms with Gasteiger partial charge in [0.25, 0.3) is 0 Å². The summed E-state index contributed by atoms with van der Waals surface area (Å²) in [6.45, 7) is 0.205. The third kappa shape index (κ3) is 5.14. The Morgan fingerprint density at radius 2 is 1.27 bits per heavy atom. The normalized spacial score (nSPS) is 15.7. The van der Waals surface area contributed by atoms with Crippen LogP contribution >= 0.6 is 7.60 Å². The van der Waals surface area contributed by atoms with Crippen LogP contribution in [0.3, 0.4) is 0 Å². The van der Waals surface area contributed by atoms with E-state index in [0.717, 1.165) is 43.2 Å². The van der Waals surface area contributed by atoms with Crippen LogP contribution in [0.15, 0.2) is 60.7 Å². The number of carbonyl (C=O) groups excluding carboxylic acids is 1. The van der Waals surface area contributed by atoms with E-state index in [4.69, 9.17) is 9.05 Å². The van der Waals surface area contributed by atoms with Crippen molar-refractivity contribution in [3.63, 3.8) is 0 Å². The average Bonchev–Trinajstić information content (AvgIpc) is 2.72. The molecule has 0 N–H and O–H groups in total. The van der Waals surface area contributed by atoms with Gasteiger partial charge < -0.3 is 0 Å². The number of hydrogen-bond acceptors (Lipinski definition) is 4. The second kappa shape index (κ2) is 9.27. The summed E-state index contributed by atoms with van der Waals surface area (Å²) < 4.78 is 24.6. The Balaban J connectivity index is 1.72. The number of hydrogen-bond donors (Lipinski definition) is 0. The van der Waals surface area contributed by atoms with Crippen LogP contribution in [0, 0.1) is 5.92 Å². The highest BCUT2D eigenvalue weighted by molar-refractivity contribution is 7.71. The first-order valence-corrected chi connectivity index (χ1v) is 10.7. The fourth-order valence-electron chi connectivity index (χ4n) is 3.21. The lowest BCUT2D eigenvalue weighted by Gasteiger charge is -2.25. The van der Waals surface area contributed by atoms with Crippen molar-refractivity contribution in [2.24, 2.45) is 5.92 Å². The van der Waals surface area contributed by atoms with Gasteiger partial charge in [-0.25, -0.2) is 0 Å². The summed E-state index contributed by atoms with van der Waals surface area (Å²) in [5, 5.41) is 0. The molecule has 2 aromatic rings. The van der Waals surface area contributed by atoms with Gasteiger partial charge in [-0.15, -0.1) is 0 Å². The van der Waals surface area contributed by atoms with Crippen LogP contribution in [0.25, 0.3) is 0 Å². The molecule has 0 heterocycles. The molecule has 2 aromatic carbocycles. The largest absolute Gasteiger partial charge is 0.397 e. The van der Waals surface area contributed by atoms with E-state index in [0.29, 0.717) is 0 Å². The SMILES string of the molecule is O=C(C1CCCCC1)P(=O)(OCc1ccccc1)OCc1ccccc1. The Morgan fingerprint density at radius 3 is 1.73 bits per heavy atom. The molecule has 138 valence electrons. The fourth-order valence-corrected chi connectivity index (χ4v) is 4.88. The van der Waals surface area contributed by atoms with Gasteiger partial charge >= 0.3 is 7.60 Å². The van der Waals surface area contributed by atoms with E-state index >= 15 is 0 Å². The molecule has 1 aliphatic rings. The lowest BCUT2D eigenvalue weighted by atomic mass is 9.90. The summed E-state index contributed by atoms with van der Waals surface area (Å²) >= 11 is 0. The maximum Gasteiger partial charge on any atom is 0.397 e. The van der Waals surface area contributed by atoms with Crippen LogP contribution in [0.4, 0.5) is 0 Å². The van der Waals surface area contributed by atoms with Gasteiger partial charge in [0, 0.05) is 5.92 Å². The fraction of sp³-hybridized carbons (Fsp3) is 0.381. The van der Waals surface area contributed by atoms with Gasteiger partial charge in [0.2, 0.25) is 5.52 Å². The average molecular weight is 372 g/mol. The zero-order valence-electron chi connectivity index (χ0n) is 14.9. The van der Waals surface area contributed by atoms with E-state index in [9.17, 15) is 9.36 Å². The number of rotatable bonds is 8. The quantitative estimate of drug-likeness (QED) is 0.556. The molecule has 0 atom stereocenters. The molecular weight excluding hydrogens is 347 g/mol. The third-order valence-electron chi connectivity index (χ3n) is 4.71. The van der Waals surface area contributed by atoms with E-state index in [1.54, 1.807) is 0 Å². The first-order valence-electron chi connectivity index (χ1n) is 9.19. The molecule has 1 aliphatic carbocycles. The van der Waals surface area contributed by atoms with Gasteiger partial charge in [-0.1, -0.05) is 79.9 Å². The van der Waals surface area contributed by atoms with E-state index < -0.39 is 7.60 Å². The minimum atomic E-state index is -3.85. The van der Waals surface area contributed by atoms with Crippen molar-refractivity contribution in [1.82, 2.24) is 0 Å². The van der Waals surface area contributed by atoms with E-state index in [2.05, 4.69) is 0 Å². The van der Waals surface area contributed by atoms with Crippen LogP contribution in [-0.2, 0) is 31.6 Å². The smallest absolute Gasteiger partial charge is 0.298 e. The van der Waals surface area contributed by atoms with Crippen molar-refractivity contribution < 1.29 is 18.4 Å². The first kappa shape index (κ1) is 19.0. The summed E-state index contributed by atoms with van der Waals surface area (Å²) in [7, 11) is -3.85. The third-order valence-corrected chi connectivity index (χ3v) is 6.56. The lowest BCUT2D eigenvalue weighted by Crippen LogP contribution is -2.20. The molecule has 0 amide bonds. The zero-order valence-corrected chi connectivity index (χ0v) is 15.8. The van der Waals surface area contributed by atoms with Crippen molar-refractivity contribution >= 4 is 13.1 Å². The molecule has 0 saturated heterocycles. The molecule has 5 heteroatoms. The minimum Gasteiger partial charge on any atom is -0.298 e. The Labute approximate surface area is 155 Å². The molecule has 0 unspecified atom stereocenters. The maximum atomic E-state index is 13.4. The lowest BCUT2D eigenvalue weighted by molar-refractivity contribution is -0.118. The van der Waals surface area contributed by atoms with Gasteiger partial charge in [0.15, 0.2) is 0 Å². The van der Waals surface area contributed by atoms with Gasteiger partial charge in [0.05, 0.1) is 13.2 Å². The molecule has 4 nitrogen and oxygen atoms in total. The predicted molar refractivity (Wildman–Crippen MR) is 102 cm³/mol. The first-order chi connectivity index (χ1) is 12.7. The number of benzene rings is 2. The van der Waals surface area contributed by atoms with Crippen molar-refractivity contribution in [2.75, 3.05) is 0 Å². The highest BCUT2D eigenvalue weighted by Gasteiger charge is 2.40. The summed E-state index contributed by atoms with van der Waals surface area (Å²) in [5.41, 5.74) is 1.38. The van der Waals surface area contributed by atoms with Gasteiger partial charge in [-0.3, -0.25) is 18.4 Å². The Morgan fingerprint density at radius 1 is 0.808 bits per heavy atom. The molecule has 1 fully saturated rings. The van der Waals surface area contributed by atoms with Gasteiger partial charge in [-0.05, 0) is 24.0 Å². The van der Waals surface area contributed by atoms with Gasteiger partial charge in [-0.2, -0.15) is 0 Å². The molecule has 3 rings (SSSR count). The van der Waals surface area contributed by atoms with Crippen LogP contribution < -0.4 is 0 Å². The summed E-state index contributed by atoms with van der Waals surface area (Å²) in [5.74, 6) is -0.221. The number of carbonyl (C=O) groups is 1. The second-order valence-electron chi connectivity index (χ2n) is 6.69. The van der Waals surface area contributed by atoms with Crippen LogP contribution in [0.2, 0.25) is 0 Å². The minimum absolute atomic E-state index is 0.103. The standard InChI is InChI=1S/C21H25O4P/c22-21(20-14-8-3-9-15-20)26(23,24-16-18-10-4-1-5-11-18)25-17-19-12-6-2-7-13-19/h1-2,4-7,10-13,20H,3,8-9,14-17H2. The molecule has 0 aromatic heterocycles. The van der Waals surface area contributed by atoms with E-state index in [1.807, 2.05) is 60.7 Å². The summed E-state index contributed by atoms with van der Waals surface area (Å²) in [4.78, 5) is 12.9. The highest BCUT2D eigenvalue weighted by Crippen LogP contribution is 2.54. The molecule has 0 radical (unpaired) electrons. The van der Waals surface area contributed by atoms with Crippen molar-refractivity contribution in [2.45, 2.75) is 45.3 Å². The Kier molecular flexibility index (Phi) is 6.79. The maximum absolute atomic E-state index is 13.4. The molecule has 0 bridgehead atoms. The second-order valence-corrected chi connectivity index (χ2v) is 8.64. The topological polar surface area (TPSA) is 52.6 Å². The highest BCUT2D eigenvalue weighted by atomic mass is 31.2. The summed E-state index contributed by atoms with van der Waals surface area (Å²) in [6.07, 6.45) is 4.66. The zero-order chi connectivity index (χ0) is 18.2. The molecule has 0 aliphatic heterocycles. The van der Waals surface area contributed by atoms with Gasteiger partial charge in [0.1, 0.15) is 0 Å². The van der Waals surface area contributed by atoms with Crippen molar-refractivity contribution in [3.05, 3.63) is 71.8 Å². The molecule has 1 saturated carbocycles. The van der Waals surface area contributed by atoms with E-state index in [-0.39, 0.29) is 24.7 Å². The van der Waals surface area contributed by atoms with Crippen LogP contribution in [-0.4, -0.2) is 5.52 Å². The van der Waals surface area contributed by atoms with Crippen LogP contribution in [0.5, 0.6) is 0 Å². The van der Waals surface area contributed by atoms with Crippen molar-refractivity contribution in [3.8, 4) is 0 Å². The molecule has 0 spiro atoms. The Bertz CT molecular complexity index is 692. The Hall–Kier alpha value is -1.74. The monoisotopic (exact) mass is 372 g/mol. The van der Waals surface area contributed by atoms with Crippen molar-refractivity contribution in [1.29, 1.82) is 0 Å². The van der Waals surface area contributed by atoms with Crippen LogP contribution in [0.1, 0.15) is 43.2 Å². The molecular formula is C21H25O4P. The predicted octanol–water partition coefficient (Wildman–Crippen LogP) is 5.72. The summed E-state index contributed by atoms with van der Waals surface area (Å²) in [6, 6.07) is 18.9. The molecule has 26 heavy (non-hydrogen) atoms.